The van der Waals surface area contributed by atoms with Crippen LogP contribution < -0.4 is 0 Å². The van der Waals surface area contributed by atoms with E-state index in [1.54, 1.807) is 25.1 Å². The summed E-state index contributed by atoms with van der Waals surface area (Å²) < 4.78 is 5.58. The fourth-order valence-electron chi connectivity index (χ4n) is 1.50. The third-order valence-corrected chi connectivity index (χ3v) is 3.15. The van der Waals surface area contributed by atoms with Crippen molar-refractivity contribution in [3.05, 3.63) is 28.8 Å². The zero-order valence-corrected chi connectivity index (χ0v) is 10.3. The van der Waals surface area contributed by atoms with Crippen molar-refractivity contribution in [1.29, 1.82) is 0 Å². The number of carbonyl (C=O) groups is 2. The number of thiazole rings is 1. The smallest absolute Gasteiger partial charge is 0.379 e. The van der Waals surface area contributed by atoms with Gasteiger partial charge in [-0.2, -0.15) is 0 Å². The van der Waals surface area contributed by atoms with Crippen LogP contribution in [0.3, 0.4) is 0 Å². The molecule has 1 aromatic heterocycles. The third-order valence-electron chi connectivity index (χ3n) is 2.22. The van der Waals surface area contributed by atoms with Gasteiger partial charge < -0.3 is 4.74 Å². The van der Waals surface area contributed by atoms with Gasteiger partial charge in [0.15, 0.2) is 0 Å². The Hall–Kier alpha value is -1.75. The van der Waals surface area contributed by atoms with Crippen LogP contribution >= 0.6 is 11.3 Å². The van der Waals surface area contributed by atoms with Crippen LogP contribution in [0.25, 0.3) is 10.2 Å². The molecule has 5 heteroatoms. The number of carbonyl (C=O) groups excluding carboxylic acids is 2. The molecule has 88 valence electrons. The maximum Gasteiger partial charge on any atom is 0.379 e. The molecule has 4 nitrogen and oxygen atoms in total. The highest BCUT2D eigenvalue weighted by Crippen LogP contribution is 2.22. The van der Waals surface area contributed by atoms with E-state index in [1.807, 2.05) is 6.92 Å². The summed E-state index contributed by atoms with van der Waals surface area (Å²) in [6, 6.07) is 5.02. The zero-order valence-electron chi connectivity index (χ0n) is 9.52. The van der Waals surface area contributed by atoms with Gasteiger partial charge >= 0.3 is 5.97 Å². The molecular weight excluding hydrogens is 238 g/mol. The number of benzene rings is 1. The molecule has 0 aliphatic heterocycles. The van der Waals surface area contributed by atoms with Gasteiger partial charge in [-0.15, -0.1) is 11.3 Å². The van der Waals surface area contributed by atoms with Gasteiger partial charge in [-0.1, -0.05) is 0 Å². The molecule has 17 heavy (non-hydrogen) atoms. The monoisotopic (exact) mass is 249 g/mol. The summed E-state index contributed by atoms with van der Waals surface area (Å²) in [4.78, 5) is 27.3. The lowest BCUT2D eigenvalue weighted by Crippen LogP contribution is -2.17. The van der Waals surface area contributed by atoms with Crippen LogP contribution in [0.2, 0.25) is 0 Å². The largest absolute Gasteiger partial charge is 0.460 e. The molecule has 0 aliphatic rings. The highest BCUT2D eigenvalue weighted by Gasteiger charge is 2.18. The Morgan fingerprint density at radius 1 is 1.41 bits per heavy atom. The molecule has 0 unspecified atom stereocenters. The molecule has 0 radical (unpaired) electrons. The lowest BCUT2D eigenvalue weighted by atomic mass is 10.1. The quantitative estimate of drug-likeness (QED) is 0.476. The summed E-state index contributed by atoms with van der Waals surface area (Å²) in [6.07, 6.45) is 0. The third kappa shape index (κ3) is 2.34. The summed E-state index contributed by atoms with van der Waals surface area (Å²) in [6.45, 7) is 3.77. The average molecular weight is 249 g/mol. The van der Waals surface area contributed by atoms with E-state index in [2.05, 4.69) is 9.72 Å². The van der Waals surface area contributed by atoms with Crippen LogP contribution in [0.4, 0.5) is 0 Å². The van der Waals surface area contributed by atoms with Crippen LogP contribution in [-0.2, 0) is 9.53 Å². The molecule has 0 bridgehead atoms. The Balaban J connectivity index is 2.35. The second kappa shape index (κ2) is 4.63. The first-order valence-corrected chi connectivity index (χ1v) is 6.02. The normalized spacial score (nSPS) is 10.5. The van der Waals surface area contributed by atoms with Crippen LogP contribution in [0, 0.1) is 6.92 Å². The molecule has 1 aromatic carbocycles. The summed E-state index contributed by atoms with van der Waals surface area (Å²) >= 11 is 1.49. The minimum absolute atomic E-state index is 0.201. The molecule has 0 amide bonds. The number of nitrogens with zero attached hydrogens (tertiary/aromatic N) is 1. The fourth-order valence-corrected chi connectivity index (χ4v) is 2.36. The van der Waals surface area contributed by atoms with Gasteiger partial charge in [0.05, 0.1) is 21.8 Å². The Bertz CT molecular complexity index is 588. The molecule has 0 saturated carbocycles. The van der Waals surface area contributed by atoms with Crippen molar-refractivity contribution in [3.8, 4) is 0 Å². The lowest BCUT2D eigenvalue weighted by Gasteiger charge is -2.00. The van der Waals surface area contributed by atoms with E-state index in [9.17, 15) is 9.59 Å². The first-order valence-electron chi connectivity index (χ1n) is 5.20. The van der Waals surface area contributed by atoms with Crippen LogP contribution in [-0.4, -0.2) is 23.3 Å². The zero-order chi connectivity index (χ0) is 12.4. The van der Waals surface area contributed by atoms with E-state index in [4.69, 9.17) is 0 Å². The Labute approximate surface area is 102 Å². The number of hydrogen-bond donors (Lipinski definition) is 0. The minimum Gasteiger partial charge on any atom is -0.460 e. The predicted octanol–water partition coefficient (Wildman–Crippen LogP) is 2.35. The van der Waals surface area contributed by atoms with E-state index in [0.29, 0.717) is 5.56 Å². The van der Waals surface area contributed by atoms with Crippen molar-refractivity contribution in [2.45, 2.75) is 13.8 Å². The van der Waals surface area contributed by atoms with Gasteiger partial charge in [0.2, 0.25) is 0 Å². The predicted molar refractivity (Wildman–Crippen MR) is 65.3 cm³/mol. The van der Waals surface area contributed by atoms with Crippen molar-refractivity contribution < 1.29 is 14.3 Å². The van der Waals surface area contributed by atoms with Crippen molar-refractivity contribution in [1.82, 2.24) is 4.98 Å². The molecule has 0 fully saturated rings. The molecular formula is C12H11NO3S. The van der Waals surface area contributed by atoms with Gasteiger partial charge in [0.25, 0.3) is 5.78 Å². The number of esters is 1. The minimum atomic E-state index is -0.812. The molecule has 2 aromatic rings. The number of aromatic nitrogens is 1. The molecule has 0 spiro atoms. The molecule has 1 heterocycles. The van der Waals surface area contributed by atoms with E-state index in [-0.39, 0.29) is 6.61 Å². The van der Waals surface area contributed by atoms with E-state index in [1.165, 1.54) is 11.3 Å². The maximum absolute atomic E-state index is 11.7. The number of ether oxygens (including phenoxy) is 1. The average Bonchev–Trinajstić information content (AvgIpc) is 2.67. The molecule has 0 saturated heterocycles. The van der Waals surface area contributed by atoms with Crippen LogP contribution in [0.1, 0.15) is 22.3 Å². The van der Waals surface area contributed by atoms with E-state index < -0.39 is 11.8 Å². The van der Waals surface area contributed by atoms with E-state index >= 15 is 0 Å². The highest BCUT2D eigenvalue weighted by molar-refractivity contribution is 7.18. The summed E-state index contributed by atoms with van der Waals surface area (Å²) in [5.41, 5.74) is 1.19. The highest BCUT2D eigenvalue weighted by atomic mass is 32.1. The molecule has 2 rings (SSSR count). The fraction of sp³-hybridized carbons (Fsp3) is 0.250. The number of fused-ring (bicyclic) bond motifs is 1. The van der Waals surface area contributed by atoms with Crippen molar-refractivity contribution in [2.24, 2.45) is 0 Å². The molecule has 0 N–H and O–H groups in total. The number of ketones is 1. The van der Waals surface area contributed by atoms with Gasteiger partial charge in [0.1, 0.15) is 0 Å². The standard InChI is InChI=1S/C12H11NO3S/c1-3-16-12(15)11(14)8-4-5-9-10(6-8)17-7(2)13-9/h4-6H,3H2,1-2H3. The van der Waals surface area contributed by atoms with Gasteiger partial charge in [0, 0.05) is 5.56 Å². The topological polar surface area (TPSA) is 56.3 Å². The SMILES string of the molecule is CCOC(=O)C(=O)c1ccc2nc(C)sc2c1. The van der Waals surface area contributed by atoms with Crippen LogP contribution in [0.5, 0.6) is 0 Å². The van der Waals surface area contributed by atoms with Crippen molar-refractivity contribution in [3.63, 3.8) is 0 Å². The first-order chi connectivity index (χ1) is 8.11. The Morgan fingerprint density at radius 2 is 2.18 bits per heavy atom. The van der Waals surface area contributed by atoms with Crippen LogP contribution in [0.15, 0.2) is 18.2 Å². The van der Waals surface area contributed by atoms with E-state index in [0.717, 1.165) is 15.2 Å². The number of aryl methyl sites for hydroxylation is 1. The Kier molecular flexibility index (Phi) is 3.19. The number of hydrogen-bond acceptors (Lipinski definition) is 5. The summed E-state index contributed by atoms with van der Waals surface area (Å²) in [7, 11) is 0. The summed E-state index contributed by atoms with van der Waals surface area (Å²) in [5.74, 6) is -1.42. The molecule has 0 atom stereocenters. The van der Waals surface area contributed by atoms with Crippen molar-refractivity contribution in [2.75, 3.05) is 6.61 Å². The van der Waals surface area contributed by atoms with Crippen molar-refractivity contribution >= 4 is 33.3 Å². The number of rotatable bonds is 3. The maximum atomic E-state index is 11.7. The summed E-state index contributed by atoms with van der Waals surface area (Å²) in [5, 5.41) is 0.931. The molecule has 0 aliphatic carbocycles. The second-order valence-electron chi connectivity index (χ2n) is 3.46. The second-order valence-corrected chi connectivity index (χ2v) is 4.70. The first kappa shape index (κ1) is 11.7. The lowest BCUT2D eigenvalue weighted by molar-refractivity contribution is -0.137. The Morgan fingerprint density at radius 3 is 2.88 bits per heavy atom. The van der Waals surface area contributed by atoms with Gasteiger partial charge in [-0.25, -0.2) is 9.78 Å². The number of Topliss-reactive ketones (excluding diaryl/α,β-unsaturated/α-hetero) is 1. The van der Waals surface area contributed by atoms with Gasteiger partial charge in [-0.05, 0) is 32.0 Å². The van der Waals surface area contributed by atoms with Gasteiger partial charge in [-0.3, -0.25) is 4.79 Å².